The average Bonchev–Trinajstić information content (AvgIpc) is 2.67. The predicted molar refractivity (Wildman–Crippen MR) is 109 cm³/mol. The van der Waals surface area contributed by atoms with E-state index in [0.717, 1.165) is 47.4 Å². The van der Waals surface area contributed by atoms with Gasteiger partial charge in [0, 0.05) is 36.1 Å². The molecule has 4 rings (SSSR count). The van der Waals surface area contributed by atoms with Gasteiger partial charge >= 0.3 is 0 Å². The number of nitrogens with zero attached hydrogens (tertiary/aromatic N) is 3. The van der Waals surface area contributed by atoms with Gasteiger partial charge in [-0.3, -0.25) is 0 Å². The van der Waals surface area contributed by atoms with E-state index in [4.69, 9.17) is 16.3 Å². The zero-order chi connectivity index (χ0) is 18.8. The Bertz CT molecular complexity index is 928. The number of anilines is 2. The van der Waals surface area contributed by atoms with Crippen LogP contribution in [0, 0.1) is 6.92 Å². The Morgan fingerprint density at radius 2 is 1.74 bits per heavy atom. The summed E-state index contributed by atoms with van der Waals surface area (Å²) in [6, 6.07) is 15.5. The highest BCUT2D eigenvalue weighted by molar-refractivity contribution is 6.30. The molecule has 1 aromatic heterocycles. The van der Waals surface area contributed by atoms with Crippen molar-refractivity contribution >= 4 is 23.1 Å². The smallest absolute Gasteiger partial charge is 0.137 e. The number of halogens is 1. The molecule has 0 radical (unpaired) electrons. The second-order valence-corrected chi connectivity index (χ2v) is 7.12. The fraction of sp³-hybridized carbons (Fsp3) is 0.238. The van der Waals surface area contributed by atoms with Gasteiger partial charge < -0.3 is 15.0 Å². The summed E-state index contributed by atoms with van der Waals surface area (Å²) in [6.07, 6.45) is 2.93. The first-order valence-electron chi connectivity index (χ1n) is 8.93. The van der Waals surface area contributed by atoms with E-state index in [1.807, 2.05) is 61.7 Å². The minimum Gasteiger partial charge on any atom is -0.457 e. The van der Waals surface area contributed by atoms with Crippen molar-refractivity contribution < 1.29 is 4.74 Å². The standard InChI is InChI=1S/C21H21ClN4O/c1-14-23-13-19-20(11-12-26(2)21(19)24-14)25-16-5-9-18(10-6-16)27-17-7-3-15(22)4-8-17/h3-10,13,20,25H,11-12H2,1-2H3. The van der Waals surface area contributed by atoms with E-state index in [9.17, 15) is 0 Å². The normalized spacial score (nSPS) is 16.0. The van der Waals surface area contributed by atoms with Gasteiger partial charge in [0.05, 0.1) is 6.04 Å². The molecule has 1 unspecified atom stereocenters. The van der Waals surface area contributed by atoms with Gasteiger partial charge in [0.15, 0.2) is 0 Å². The molecule has 0 saturated carbocycles. The van der Waals surface area contributed by atoms with Gasteiger partial charge in [-0.25, -0.2) is 9.97 Å². The van der Waals surface area contributed by atoms with Crippen molar-refractivity contribution in [2.45, 2.75) is 19.4 Å². The molecule has 1 aliphatic rings. The van der Waals surface area contributed by atoms with E-state index in [-0.39, 0.29) is 6.04 Å². The van der Waals surface area contributed by atoms with E-state index in [0.29, 0.717) is 5.02 Å². The van der Waals surface area contributed by atoms with Gasteiger partial charge in [-0.2, -0.15) is 0 Å². The van der Waals surface area contributed by atoms with E-state index in [1.165, 1.54) is 0 Å². The summed E-state index contributed by atoms with van der Waals surface area (Å²) in [5.74, 6) is 3.35. The fourth-order valence-electron chi connectivity index (χ4n) is 3.21. The van der Waals surface area contributed by atoms with Crippen molar-refractivity contribution in [3.63, 3.8) is 0 Å². The van der Waals surface area contributed by atoms with E-state index < -0.39 is 0 Å². The Morgan fingerprint density at radius 3 is 2.44 bits per heavy atom. The van der Waals surface area contributed by atoms with Crippen molar-refractivity contribution in [1.29, 1.82) is 0 Å². The van der Waals surface area contributed by atoms with Crippen molar-refractivity contribution in [3.05, 3.63) is 71.1 Å². The quantitative estimate of drug-likeness (QED) is 0.672. The van der Waals surface area contributed by atoms with Crippen molar-refractivity contribution in [3.8, 4) is 11.5 Å². The Labute approximate surface area is 164 Å². The second-order valence-electron chi connectivity index (χ2n) is 6.68. The van der Waals surface area contributed by atoms with Gasteiger partial charge in [0.1, 0.15) is 23.1 Å². The van der Waals surface area contributed by atoms with Crippen LogP contribution in [-0.2, 0) is 0 Å². The van der Waals surface area contributed by atoms with Crippen LogP contribution >= 0.6 is 11.6 Å². The zero-order valence-electron chi connectivity index (χ0n) is 15.3. The van der Waals surface area contributed by atoms with Crippen molar-refractivity contribution in [2.24, 2.45) is 0 Å². The summed E-state index contributed by atoms with van der Waals surface area (Å²) < 4.78 is 5.85. The molecule has 0 bridgehead atoms. The average molecular weight is 381 g/mol. The molecule has 2 heterocycles. The van der Waals surface area contributed by atoms with Crippen LogP contribution < -0.4 is 15.0 Å². The zero-order valence-corrected chi connectivity index (χ0v) is 16.1. The molecule has 1 atom stereocenters. The number of ether oxygens (including phenoxy) is 1. The SMILES string of the molecule is Cc1ncc2c(n1)N(C)CCC2Nc1ccc(Oc2ccc(Cl)cc2)cc1. The van der Waals surface area contributed by atoms with E-state index in [2.05, 4.69) is 27.2 Å². The van der Waals surface area contributed by atoms with Crippen molar-refractivity contribution in [1.82, 2.24) is 9.97 Å². The number of benzene rings is 2. The fourth-order valence-corrected chi connectivity index (χ4v) is 3.34. The van der Waals surface area contributed by atoms with Gasteiger partial charge in [0.2, 0.25) is 0 Å². The third-order valence-corrected chi connectivity index (χ3v) is 4.90. The minimum absolute atomic E-state index is 0.194. The summed E-state index contributed by atoms with van der Waals surface area (Å²) in [5, 5.41) is 4.29. The molecule has 27 heavy (non-hydrogen) atoms. The first kappa shape index (κ1) is 17.6. The van der Waals surface area contributed by atoms with Crippen LogP contribution in [0.15, 0.2) is 54.7 Å². The molecule has 1 N–H and O–H groups in total. The number of rotatable bonds is 4. The molecule has 0 spiro atoms. The Hall–Kier alpha value is -2.79. The largest absolute Gasteiger partial charge is 0.457 e. The highest BCUT2D eigenvalue weighted by Crippen LogP contribution is 2.34. The van der Waals surface area contributed by atoms with Crippen LogP contribution in [0.5, 0.6) is 11.5 Å². The summed E-state index contributed by atoms with van der Waals surface area (Å²) in [6.45, 7) is 2.88. The highest BCUT2D eigenvalue weighted by atomic mass is 35.5. The van der Waals surface area contributed by atoms with Crippen molar-refractivity contribution in [2.75, 3.05) is 23.8 Å². The molecule has 0 aliphatic carbocycles. The summed E-state index contributed by atoms with van der Waals surface area (Å²) in [7, 11) is 2.07. The maximum absolute atomic E-state index is 5.91. The first-order valence-corrected chi connectivity index (χ1v) is 9.31. The highest BCUT2D eigenvalue weighted by Gasteiger charge is 2.25. The van der Waals surface area contributed by atoms with Gasteiger partial charge in [-0.1, -0.05) is 11.6 Å². The van der Waals surface area contributed by atoms with Crippen LogP contribution in [-0.4, -0.2) is 23.6 Å². The third kappa shape index (κ3) is 3.98. The molecule has 3 aromatic rings. The van der Waals surface area contributed by atoms with Gasteiger partial charge in [-0.15, -0.1) is 0 Å². The lowest BCUT2D eigenvalue weighted by Gasteiger charge is -2.32. The number of fused-ring (bicyclic) bond motifs is 1. The lowest BCUT2D eigenvalue weighted by atomic mass is 10.0. The summed E-state index contributed by atoms with van der Waals surface area (Å²) >= 11 is 5.91. The number of hydrogen-bond donors (Lipinski definition) is 1. The van der Waals surface area contributed by atoms with Gasteiger partial charge in [0.25, 0.3) is 0 Å². The van der Waals surface area contributed by atoms with Crippen LogP contribution in [0.4, 0.5) is 11.5 Å². The minimum atomic E-state index is 0.194. The molecule has 2 aromatic carbocycles. The van der Waals surface area contributed by atoms with E-state index in [1.54, 1.807) is 0 Å². The first-order chi connectivity index (χ1) is 13.1. The predicted octanol–water partition coefficient (Wildman–Crippen LogP) is 5.22. The molecule has 5 nitrogen and oxygen atoms in total. The Balaban J connectivity index is 1.47. The Kier molecular flexibility index (Phi) is 4.86. The lowest BCUT2D eigenvalue weighted by Crippen LogP contribution is -2.31. The van der Waals surface area contributed by atoms with Gasteiger partial charge in [-0.05, 0) is 61.9 Å². The summed E-state index contributed by atoms with van der Waals surface area (Å²) in [4.78, 5) is 11.2. The maximum Gasteiger partial charge on any atom is 0.137 e. The number of nitrogens with one attached hydrogen (secondary N) is 1. The second kappa shape index (κ2) is 7.45. The van der Waals surface area contributed by atoms with Crippen LogP contribution in [0.3, 0.4) is 0 Å². The van der Waals surface area contributed by atoms with Crippen LogP contribution in [0.2, 0.25) is 5.02 Å². The topological polar surface area (TPSA) is 50.3 Å². The molecular weight excluding hydrogens is 360 g/mol. The lowest BCUT2D eigenvalue weighted by molar-refractivity contribution is 0.482. The molecule has 0 amide bonds. The summed E-state index contributed by atoms with van der Waals surface area (Å²) in [5.41, 5.74) is 2.18. The Morgan fingerprint density at radius 1 is 1.07 bits per heavy atom. The molecule has 138 valence electrons. The van der Waals surface area contributed by atoms with Crippen LogP contribution in [0.1, 0.15) is 23.9 Å². The molecule has 6 heteroatoms. The maximum atomic E-state index is 5.91. The molecule has 0 fully saturated rings. The molecular formula is C21H21ClN4O. The number of aromatic nitrogens is 2. The number of hydrogen-bond acceptors (Lipinski definition) is 5. The molecule has 0 saturated heterocycles. The third-order valence-electron chi connectivity index (χ3n) is 4.65. The monoisotopic (exact) mass is 380 g/mol. The van der Waals surface area contributed by atoms with E-state index >= 15 is 0 Å². The molecule has 1 aliphatic heterocycles. The van der Waals surface area contributed by atoms with Crippen LogP contribution in [0.25, 0.3) is 0 Å². The number of aryl methyl sites for hydroxylation is 1.